The van der Waals surface area contributed by atoms with Gasteiger partial charge in [0.1, 0.15) is 5.75 Å². The molecule has 0 atom stereocenters. The molecular weight excluding hydrogens is 448 g/mol. The number of hydrogen-bond acceptors (Lipinski definition) is 4. The van der Waals surface area contributed by atoms with E-state index >= 15 is 0 Å². The molecule has 6 heteroatoms. The number of piperidine rings is 1. The van der Waals surface area contributed by atoms with Gasteiger partial charge in [-0.25, -0.2) is 0 Å². The monoisotopic (exact) mass is 486 g/mol. The fourth-order valence-corrected chi connectivity index (χ4v) is 6.60. The summed E-state index contributed by atoms with van der Waals surface area (Å²) in [6, 6.07) is 15.4. The van der Waals surface area contributed by atoms with Gasteiger partial charge in [-0.15, -0.1) is 0 Å². The number of nitrogens with zero attached hydrogens (tertiary/aromatic N) is 3. The fraction of sp³-hybridized carbons (Fsp3) is 0.500. The van der Waals surface area contributed by atoms with Crippen molar-refractivity contribution in [3.63, 3.8) is 0 Å². The van der Waals surface area contributed by atoms with E-state index < -0.39 is 0 Å². The van der Waals surface area contributed by atoms with E-state index in [1.807, 2.05) is 23.1 Å². The molecule has 0 radical (unpaired) electrons. The molecule has 0 unspecified atom stereocenters. The third kappa shape index (κ3) is 4.59. The molecule has 1 N–H and O–H groups in total. The zero-order valence-corrected chi connectivity index (χ0v) is 21.4. The van der Waals surface area contributed by atoms with Crippen LogP contribution in [0.3, 0.4) is 0 Å². The van der Waals surface area contributed by atoms with Crippen molar-refractivity contribution in [2.24, 2.45) is 0 Å². The Morgan fingerprint density at radius 1 is 0.889 bits per heavy atom. The van der Waals surface area contributed by atoms with Crippen molar-refractivity contribution in [1.29, 1.82) is 0 Å². The van der Waals surface area contributed by atoms with Crippen LogP contribution in [0.25, 0.3) is 10.9 Å². The Bertz CT molecular complexity index is 1180. The first kappa shape index (κ1) is 23.4. The van der Waals surface area contributed by atoms with Crippen molar-refractivity contribution < 1.29 is 9.53 Å². The van der Waals surface area contributed by atoms with Gasteiger partial charge >= 0.3 is 0 Å². The summed E-state index contributed by atoms with van der Waals surface area (Å²) in [5.74, 6) is 1.61. The van der Waals surface area contributed by atoms with E-state index in [-0.39, 0.29) is 5.91 Å². The second kappa shape index (κ2) is 10.2. The molecule has 2 saturated heterocycles. The van der Waals surface area contributed by atoms with E-state index in [0.717, 1.165) is 75.0 Å². The highest BCUT2D eigenvalue weighted by Gasteiger charge is 2.29. The Kier molecular flexibility index (Phi) is 6.61. The molecule has 1 saturated carbocycles. The average Bonchev–Trinajstić information content (AvgIpc) is 3.63. The number of H-pyrrole nitrogens is 1. The van der Waals surface area contributed by atoms with Gasteiger partial charge in [-0.1, -0.05) is 18.9 Å². The van der Waals surface area contributed by atoms with Crippen molar-refractivity contribution in [1.82, 2.24) is 14.8 Å². The maximum absolute atomic E-state index is 13.3. The Hall–Kier alpha value is -2.99. The zero-order chi connectivity index (χ0) is 24.5. The Morgan fingerprint density at radius 2 is 1.61 bits per heavy atom. The summed E-state index contributed by atoms with van der Waals surface area (Å²) in [5, 5.41) is 1.26. The van der Waals surface area contributed by atoms with Gasteiger partial charge in [-0.2, -0.15) is 0 Å². The molecule has 6 nitrogen and oxygen atoms in total. The predicted molar refractivity (Wildman–Crippen MR) is 145 cm³/mol. The van der Waals surface area contributed by atoms with Gasteiger partial charge in [0.25, 0.3) is 5.91 Å². The van der Waals surface area contributed by atoms with Crippen molar-refractivity contribution >= 4 is 22.5 Å². The largest absolute Gasteiger partial charge is 0.497 e. The molecule has 0 bridgehead atoms. The maximum atomic E-state index is 13.3. The van der Waals surface area contributed by atoms with E-state index in [9.17, 15) is 4.79 Å². The fourth-order valence-electron chi connectivity index (χ4n) is 6.60. The second-order valence-electron chi connectivity index (χ2n) is 10.7. The van der Waals surface area contributed by atoms with Crippen LogP contribution in [-0.2, 0) is 0 Å². The topological polar surface area (TPSA) is 51.8 Å². The molecule has 36 heavy (non-hydrogen) atoms. The molecule has 3 heterocycles. The smallest absolute Gasteiger partial charge is 0.254 e. The van der Waals surface area contributed by atoms with Crippen LogP contribution in [0.1, 0.15) is 60.4 Å². The van der Waals surface area contributed by atoms with Crippen molar-refractivity contribution in [2.75, 3.05) is 51.3 Å². The first-order valence-corrected chi connectivity index (χ1v) is 13.7. The number of benzene rings is 2. The molecule has 0 spiro atoms. The Labute approximate surface area is 214 Å². The Morgan fingerprint density at radius 3 is 2.31 bits per heavy atom. The molecule has 6 rings (SSSR count). The molecule has 3 fully saturated rings. The molecule has 190 valence electrons. The lowest BCUT2D eigenvalue weighted by atomic mass is 9.89. The third-order valence-electron chi connectivity index (χ3n) is 8.78. The molecule has 1 aromatic heterocycles. The molecule has 2 aliphatic heterocycles. The van der Waals surface area contributed by atoms with Crippen LogP contribution in [0.4, 0.5) is 5.69 Å². The van der Waals surface area contributed by atoms with Gasteiger partial charge in [0.15, 0.2) is 0 Å². The highest BCUT2D eigenvalue weighted by molar-refractivity contribution is 5.98. The molecule has 3 aliphatic rings. The number of ether oxygens (including phenoxy) is 1. The summed E-state index contributed by atoms with van der Waals surface area (Å²) in [7, 11) is 1.71. The van der Waals surface area contributed by atoms with E-state index in [4.69, 9.17) is 4.74 Å². The molecule has 1 aliphatic carbocycles. The number of carbonyl (C=O) groups excluding carboxylic acids is 1. The number of piperazine rings is 1. The van der Waals surface area contributed by atoms with Crippen LogP contribution < -0.4 is 9.64 Å². The minimum absolute atomic E-state index is 0.173. The van der Waals surface area contributed by atoms with Crippen LogP contribution in [0, 0.1) is 0 Å². The minimum Gasteiger partial charge on any atom is -0.497 e. The van der Waals surface area contributed by atoms with Crippen LogP contribution in [-0.4, -0.2) is 73.1 Å². The number of anilines is 1. The minimum atomic E-state index is 0.173. The lowest BCUT2D eigenvalue weighted by Crippen LogP contribution is -2.51. The van der Waals surface area contributed by atoms with Crippen LogP contribution in [0.15, 0.2) is 48.7 Å². The first-order chi connectivity index (χ1) is 17.7. The zero-order valence-electron chi connectivity index (χ0n) is 21.4. The summed E-state index contributed by atoms with van der Waals surface area (Å²) in [6.07, 6.45) is 9.83. The summed E-state index contributed by atoms with van der Waals surface area (Å²) in [6.45, 7) is 5.81. The van der Waals surface area contributed by atoms with Crippen molar-refractivity contribution in [2.45, 2.75) is 50.5 Å². The second-order valence-corrected chi connectivity index (χ2v) is 10.7. The molecular formula is C30H38N4O2. The summed E-state index contributed by atoms with van der Waals surface area (Å²) >= 11 is 0. The highest BCUT2D eigenvalue weighted by Crippen LogP contribution is 2.35. The first-order valence-electron chi connectivity index (χ1n) is 13.7. The number of rotatable bonds is 5. The number of methoxy groups -OCH3 is 1. The van der Waals surface area contributed by atoms with Gasteiger partial charge in [0, 0.05) is 73.7 Å². The number of carbonyl (C=O) groups is 1. The van der Waals surface area contributed by atoms with Crippen molar-refractivity contribution in [3.05, 3.63) is 59.8 Å². The van der Waals surface area contributed by atoms with Crippen LogP contribution in [0.5, 0.6) is 5.75 Å². The van der Waals surface area contributed by atoms with Gasteiger partial charge in [-0.3, -0.25) is 9.69 Å². The van der Waals surface area contributed by atoms with E-state index in [1.165, 1.54) is 42.3 Å². The summed E-state index contributed by atoms with van der Waals surface area (Å²) < 4.78 is 5.30. The van der Waals surface area contributed by atoms with Gasteiger partial charge in [-0.05, 0) is 73.6 Å². The number of hydrogen-bond donors (Lipinski definition) is 1. The molecule has 1 amide bonds. The standard InChI is InChI=1S/C30H38N4O2/c1-36-26-9-7-25(8-10-26)32-14-12-22(13-15-32)28-21-31-29-20-23(6-11-27(28)29)30(35)34-18-16-33(17-19-34)24-4-2-3-5-24/h6-11,20-22,24,31H,2-5,12-19H2,1H3. The van der Waals surface area contributed by atoms with Gasteiger partial charge in [0.05, 0.1) is 7.11 Å². The Balaban J connectivity index is 1.09. The number of fused-ring (bicyclic) bond motifs is 1. The van der Waals surface area contributed by atoms with Crippen LogP contribution in [0.2, 0.25) is 0 Å². The number of amides is 1. The number of nitrogens with one attached hydrogen (secondary N) is 1. The van der Waals surface area contributed by atoms with Gasteiger partial charge in [0.2, 0.25) is 0 Å². The van der Waals surface area contributed by atoms with Crippen LogP contribution >= 0.6 is 0 Å². The van der Waals surface area contributed by atoms with Crippen molar-refractivity contribution in [3.8, 4) is 5.75 Å². The van der Waals surface area contributed by atoms with E-state index in [0.29, 0.717) is 5.92 Å². The van der Waals surface area contributed by atoms with E-state index in [2.05, 4.69) is 45.2 Å². The SMILES string of the molecule is COc1ccc(N2CCC(c3c[nH]c4cc(C(=O)N5CCN(C6CCCC6)CC5)ccc34)CC2)cc1. The average molecular weight is 487 g/mol. The third-order valence-corrected chi connectivity index (χ3v) is 8.78. The maximum Gasteiger partial charge on any atom is 0.254 e. The molecule has 2 aromatic carbocycles. The molecule has 3 aromatic rings. The lowest BCUT2D eigenvalue weighted by Gasteiger charge is -2.38. The highest BCUT2D eigenvalue weighted by atomic mass is 16.5. The lowest BCUT2D eigenvalue weighted by molar-refractivity contribution is 0.0573. The quantitative estimate of drug-likeness (QED) is 0.534. The normalized spacial score (nSPS) is 20.4. The van der Waals surface area contributed by atoms with E-state index in [1.54, 1.807) is 7.11 Å². The number of aromatic nitrogens is 1. The van der Waals surface area contributed by atoms with Gasteiger partial charge < -0.3 is 19.5 Å². The predicted octanol–water partition coefficient (Wildman–Crippen LogP) is 5.26. The summed E-state index contributed by atoms with van der Waals surface area (Å²) in [4.78, 5) is 23.9. The summed E-state index contributed by atoms with van der Waals surface area (Å²) in [5.41, 5.74) is 4.54. The number of aromatic amines is 1.